The number of hydrogen-bond donors (Lipinski definition) is 2. The molecule has 0 saturated carbocycles. The lowest BCUT2D eigenvalue weighted by Crippen LogP contribution is -2.21. The minimum Gasteiger partial charge on any atom is -0.459 e. The number of aliphatic hydroxyl groups excluding tert-OH is 2. The summed E-state index contributed by atoms with van der Waals surface area (Å²) in [6, 6.07) is 12.7. The Hall–Kier alpha value is -2.97. The van der Waals surface area contributed by atoms with E-state index >= 15 is 0 Å². The van der Waals surface area contributed by atoms with Gasteiger partial charge in [-0.1, -0.05) is 53.5 Å². The van der Waals surface area contributed by atoms with E-state index in [2.05, 4.69) is 4.98 Å². The van der Waals surface area contributed by atoms with Crippen molar-refractivity contribution in [3.05, 3.63) is 92.2 Å². The summed E-state index contributed by atoms with van der Waals surface area (Å²) in [5.74, 6) is -1.30. The van der Waals surface area contributed by atoms with Gasteiger partial charge in [0.25, 0.3) is 0 Å². The Bertz CT molecular complexity index is 1210. The fraction of sp³-hybridized carbons (Fsp3) is 0.269. The highest BCUT2D eigenvalue weighted by Crippen LogP contribution is 2.29. The van der Waals surface area contributed by atoms with Gasteiger partial charge in [0.1, 0.15) is 12.7 Å². The molecular formula is C26H25Cl2NO6. The van der Waals surface area contributed by atoms with Gasteiger partial charge in [0.05, 0.1) is 18.7 Å². The summed E-state index contributed by atoms with van der Waals surface area (Å²) in [6.07, 6.45) is 0.488. The SMILES string of the molecule is Cc1ncc(CO)c(COC(=O)C(C)O)c1OC(=O)Cc1ccccc1Cc1c(Cl)cccc1Cl. The molecule has 1 unspecified atom stereocenters. The quantitative estimate of drug-likeness (QED) is 0.406. The summed E-state index contributed by atoms with van der Waals surface area (Å²) in [4.78, 5) is 28.9. The number of pyridine rings is 1. The van der Waals surface area contributed by atoms with Crippen LogP contribution in [-0.2, 0) is 40.4 Å². The lowest BCUT2D eigenvalue weighted by molar-refractivity contribution is -0.153. The van der Waals surface area contributed by atoms with Gasteiger partial charge < -0.3 is 19.7 Å². The minimum absolute atomic E-state index is 0.0477. The molecular weight excluding hydrogens is 493 g/mol. The summed E-state index contributed by atoms with van der Waals surface area (Å²) in [6.45, 7) is 2.21. The van der Waals surface area contributed by atoms with Crippen molar-refractivity contribution in [3.63, 3.8) is 0 Å². The largest absolute Gasteiger partial charge is 0.459 e. The third-order valence-electron chi connectivity index (χ3n) is 5.37. The summed E-state index contributed by atoms with van der Waals surface area (Å²) in [5.41, 5.74) is 3.39. The van der Waals surface area contributed by atoms with Crippen LogP contribution >= 0.6 is 23.2 Å². The van der Waals surface area contributed by atoms with Crippen LogP contribution in [0.4, 0.5) is 0 Å². The molecule has 0 aliphatic carbocycles. The Balaban J connectivity index is 1.84. The molecule has 0 saturated heterocycles. The normalized spacial score (nSPS) is 11.7. The first-order chi connectivity index (χ1) is 16.7. The molecule has 9 heteroatoms. The molecule has 0 fully saturated rings. The van der Waals surface area contributed by atoms with Gasteiger partial charge in [0.15, 0.2) is 5.75 Å². The molecule has 0 aliphatic heterocycles. The van der Waals surface area contributed by atoms with E-state index in [1.165, 1.54) is 13.1 Å². The van der Waals surface area contributed by atoms with E-state index in [1.54, 1.807) is 25.1 Å². The lowest BCUT2D eigenvalue weighted by atomic mass is 9.98. The third kappa shape index (κ3) is 6.80. The Morgan fingerprint density at radius 1 is 1.00 bits per heavy atom. The van der Waals surface area contributed by atoms with Gasteiger partial charge in [-0.05, 0) is 42.7 Å². The first-order valence-corrected chi connectivity index (χ1v) is 11.6. The number of aliphatic hydroxyl groups is 2. The number of hydrogen-bond acceptors (Lipinski definition) is 7. The molecule has 184 valence electrons. The maximum Gasteiger partial charge on any atom is 0.334 e. The summed E-state index contributed by atoms with van der Waals surface area (Å²) in [7, 11) is 0. The zero-order valence-corrected chi connectivity index (χ0v) is 20.8. The summed E-state index contributed by atoms with van der Waals surface area (Å²) < 4.78 is 10.7. The average molecular weight is 518 g/mol. The van der Waals surface area contributed by atoms with Crippen LogP contribution in [0.5, 0.6) is 5.75 Å². The van der Waals surface area contributed by atoms with Crippen molar-refractivity contribution in [2.24, 2.45) is 0 Å². The molecule has 0 radical (unpaired) electrons. The Morgan fingerprint density at radius 2 is 1.66 bits per heavy atom. The van der Waals surface area contributed by atoms with Crippen molar-refractivity contribution >= 4 is 35.1 Å². The molecule has 2 N–H and O–H groups in total. The second kappa shape index (κ2) is 12.1. The molecule has 1 heterocycles. The average Bonchev–Trinajstić information content (AvgIpc) is 2.82. The number of aryl methyl sites for hydroxylation is 1. The van der Waals surface area contributed by atoms with Crippen LogP contribution < -0.4 is 4.74 Å². The third-order valence-corrected chi connectivity index (χ3v) is 6.08. The van der Waals surface area contributed by atoms with Crippen LogP contribution in [0.3, 0.4) is 0 Å². The predicted molar refractivity (Wildman–Crippen MR) is 131 cm³/mol. The van der Waals surface area contributed by atoms with Crippen LogP contribution in [0.15, 0.2) is 48.7 Å². The number of aromatic nitrogens is 1. The molecule has 0 spiro atoms. The maximum atomic E-state index is 13.0. The number of carbonyl (C=O) groups excluding carboxylic acids is 2. The molecule has 1 atom stereocenters. The van der Waals surface area contributed by atoms with E-state index in [0.29, 0.717) is 33.3 Å². The second-order valence-electron chi connectivity index (χ2n) is 7.91. The lowest BCUT2D eigenvalue weighted by Gasteiger charge is -2.17. The molecule has 0 amide bonds. The molecule has 2 aromatic carbocycles. The molecule has 3 aromatic rings. The summed E-state index contributed by atoms with van der Waals surface area (Å²) >= 11 is 12.6. The molecule has 0 bridgehead atoms. The molecule has 0 aliphatic rings. The fourth-order valence-corrected chi connectivity index (χ4v) is 4.00. The first kappa shape index (κ1) is 26.6. The van der Waals surface area contributed by atoms with Crippen molar-refractivity contribution in [3.8, 4) is 5.75 Å². The van der Waals surface area contributed by atoms with E-state index in [4.69, 9.17) is 32.7 Å². The first-order valence-electron chi connectivity index (χ1n) is 10.8. The zero-order valence-electron chi connectivity index (χ0n) is 19.3. The van der Waals surface area contributed by atoms with Gasteiger partial charge in [-0.3, -0.25) is 9.78 Å². The zero-order chi connectivity index (χ0) is 25.5. The predicted octanol–water partition coefficient (Wildman–Crippen LogP) is 4.35. The molecule has 1 aromatic heterocycles. The highest BCUT2D eigenvalue weighted by molar-refractivity contribution is 6.36. The van der Waals surface area contributed by atoms with Gasteiger partial charge >= 0.3 is 11.9 Å². The van der Waals surface area contributed by atoms with Crippen molar-refractivity contribution < 1.29 is 29.3 Å². The standard InChI is InChI=1S/C26H25Cl2NO6/c1-15-25(21(19(13-30)12-29-15)14-34-26(33)16(2)31)35-24(32)11-18-7-4-3-6-17(18)10-20-22(27)8-5-9-23(20)28/h3-9,12,16,30-31H,10-11,13-14H2,1-2H3. The number of esters is 2. The molecule has 35 heavy (non-hydrogen) atoms. The van der Waals surface area contributed by atoms with E-state index in [9.17, 15) is 19.8 Å². The van der Waals surface area contributed by atoms with E-state index in [1.807, 2.05) is 24.3 Å². The number of ether oxygens (including phenoxy) is 2. The molecule has 3 rings (SSSR count). The Kier molecular flexibility index (Phi) is 9.23. The van der Waals surface area contributed by atoms with Gasteiger partial charge in [-0.2, -0.15) is 0 Å². The van der Waals surface area contributed by atoms with Gasteiger partial charge in [0, 0.05) is 33.8 Å². The topological polar surface area (TPSA) is 106 Å². The highest BCUT2D eigenvalue weighted by Gasteiger charge is 2.21. The number of halogens is 2. The van der Waals surface area contributed by atoms with Gasteiger partial charge in [-0.15, -0.1) is 0 Å². The van der Waals surface area contributed by atoms with E-state index in [0.717, 1.165) is 16.7 Å². The van der Waals surface area contributed by atoms with Crippen LogP contribution in [0.25, 0.3) is 0 Å². The Morgan fingerprint density at radius 3 is 2.29 bits per heavy atom. The number of benzene rings is 2. The monoisotopic (exact) mass is 517 g/mol. The van der Waals surface area contributed by atoms with Crippen molar-refractivity contribution in [2.45, 2.75) is 46.0 Å². The van der Waals surface area contributed by atoms with Crippen molar-refractivity contribution in [1.82, 2.24) is 4.98 Å². The highest BCUT2D eigenvalue weighted by atomic mass is 35.5. The number of nitrogens with zero attached hydrogens (tertiary/aromatic N) is 1. The van der Waals surface area contributed by atoms with Gasteiger partial charge in [0.2, 0.25) is 0 Å². The fourth-order valence-electron chi connectivity index (χ4n) is 3.47. The van der Waals surface area contributed by atoms with Crippen molar-refractivity contribution in [2.75, 3.05) is 0 Å². The number of carbonyl (C=O) groups is 2. The number of rotatable bonds is 9. The van der Waals surface area contributed by atoms with Crippen LogP contribution in [0.2, 0.25) is 10.0 Å². The molecule has 7 nitrogen and oxygen atoms in total. The summed E-state index contributed by atoms with van der Waals surface area (Å²) in [5, 5.41) is 20.2. The van der Waals surface area contributed by atoms with Crippen molar-refractivity contribution in [1.29, 1.82) is 0 Å². The minimum atomic E-state index is -1.32. The smallest absolute Gasteiger partial charge is 0.334 e. The van der Waals surface area contributed by atoms with Crippen LogP contribution in [-0.4, -0.2) is 33.2 Å². The maximum absolute atomic E-state index is 13.0. The van der Waals surface area contributed by atoms with E-state index < -0.39 is 24.6 Å². The van der Waals surface area contributed by atoms with E-state index in [-0.39, 0.29) is 18.8 Å². The van der Waals surface area contributed by atoms with Crippen LogP contribution in [0.1, 0.15) is 40.4 Å². The second-order valence-corrected chi connectivity index (χ2v) is 8.73. The van der Waals surface area contributed by atoms with Gasteiger partial charge in [-0.25, -0.2) is 4.79 Å². The van der Waals surface area contributed by atoms with Crippen LogP contribution in [0, 0.1) is 6.92 Å². The Labute approximate surface area is 213 Å².